The van der Waals surface area contributed by atoms with Gasteiger partial charge in [-0.2, -0.15) is 0 Å². The van der Waals surface area contributed by atoms with Crippen LogP contribution < -0.4 is 5.73 Å². The second-order valence-corrected chi connectivity index (χ2v) is 4.61. The molecule has 1 heterocycles. The van der Waals surface area contributed by atoms with Crippen LogP contribution in [0.3, 0.4) is 0 Å². The fourth-order valence-corrected chi connectivity index (χ4v) is 1.61. The summed E-state index contributed by atoms with van der Waals surface area (Å²) in [6, 6.07) is 10.8. The molecule has 0 spiro atoms. The third-order valence-electron chi connectivity index (χ3n) is 2.93. The molecular weight excluding hydrogens is 236 g/mol. The normalized spacial score (nSPS) is 14.8. The summed E-state index contributed by atoms with van der Waals surface area (Å²) < 4.78 is 31.0. The van der Waals surface area contributed by atoms with Crippen LogP contribution in [0, 0.1) is 6.92 Å². The molecule has 4 heteroatoms. The van der Waals surface area contributed by atoms with E-state index in [-0.39, 0.29) is 5.76 Å². The minimum absolute atomic E-state index is 0.0908. The lowest BCUT2D eigenvalue weighted by Crippen LogP contribution is -2.40. The number of halogens is 2. The van der Waals surface area contributed by atoms with Gasteiger partial charge in [-0.3, -0.25) is 0 Å². The number of rotatable bonds is 3. The largest absolute Gasteiger partial charge is 0.459 e. The lowest BCUT2D eigenvalue weighted by atomic mass is 10.0. The Hall–Kier alpha value is -1.68. The molecule has 0 saturated carbocycles. The maximum absolute atomic E-state index is 12.8. The average Bonchev–Trinajstić information content (AvgIpc) is 2.79. The van der Waals surface area contributed by atoms with E-state index >= 15 is 0 Å². The van der Waals surface area contributed by atoms with E-state index in [0.717, 1.165) is 11.1 Å². The zero-order chi connectivity index (χ0) is 13.3. The molecule has 1 aromatic heterocycles. The summed E-state index contributed by atoms with van der Waals surface area (Å²) in [6.07, 6.45) is -2.67. The first-order valence-corrected chi connectivity index (χ1v) is 5.65. The maximum atomic E-state index is 12.8. The monoisotopic (exact) mass is 251 g/mol. The topological polar surface area (TPSA) is 39.2 Å². The van der Waals surface area contributed by atoms with Crippen LogP contribution in [0.4, 0.5) is 8.78 Å². The molecule has 2 rings (SSSR count). The highest BCUT2D eigenvalue weighted by Gasteiger charge is 2.35. The molecule has 0 aliphatic rings. The van der Waals surface area contributed by atoms with Crippen molar-refractivity contribution in [2.75, 3.05) is 0 Å². The van der Waals surface area contributed by atoms with Crippen LogP contribution in [0.1, 0.15) is 18.2 Å². The SMILES string of the molecule is Cc1ccc(-c2ccc(C(C)(N)C(F)F)o2)cc1. The van der Waals surface area contributed by atoms with Gasteiger partial charge in [0.1, 0.15) is 17.1 Å². The highest BCUT2D eigenvalue weighted by molar-refractivity contribution is 5.58. The minimum Gasteiger partial charge on any atom is -0.459 e. The molecule has 0 aliphatic carbocycles. The maximum Gasteiger partial charge on any atom is 0.263 e. The average molecular weight is 251 g/mol. The quantitative estimate of drug-likeness (QED) is 0.903. The van der Waals surface area contributed by atoms with Crippen molar-refractivity contribution >= 4 is 0 Å². The molecule has 0 aliphatic heterocycles. The molecule has 2 nitrogen and oxygen atoms in total. The number of alkyl halides is 2. The van der Waals surface area contributed by atoms with E-state index in [1.54, 1.807) is 6.07 Å². The summed E-state index contributed by atoms with van der Waals surface area (Å²) in [5, 5.41) is 0. The number of furan rings is 1. The van der Waals surface area contributed by atoms with E-state index < -0.39 is 12.0 Å². The number of hydrogen-bond donors (Lipinski definition) is 1. The van der Waals surface area contributed by atoms with Gasteiger partial charge in [-0.05, 0) is 26.0 Å². The standard InChI is InChI=1S/C14H15F2NO/c1-9-3-5-10(6-4-9)11-7-8-12(18-11)14(2,17)13(15)16/h3-8,13H,17H2,1-2H3. The Labute approximate surface area is 104 Å². The molecule has 1 atom stereocenters. The van der Waals surface area contributed by atoms with Gasteiger partial charge in [-0.1, -0.05) is 29.8 Å². The van der Waals surface area contributed by atoms with Crippen molar-refractivity contribution in [3.05, 3.63) is 47.7 Å². The summed E-state index contributed by atoms with van der Waals surface area (Å²) >= 11 is 0. The summed E-state index contributed by atoms with van der Waals surface area (Å²) in [4.78, 5) is 0. The third-order valence-corrected chi connectivity index (χ3v) is 2.93. The molecule has 0 saturated heterocycles. The van der Waals surface area contributed by atoms with Crippen molar-refractivity contribution < 1.29 is 13.2 Å². The van der Waals surface area contributed by atoms with Crippen molar-refractivity contribution in [1.82, 2.24) is 0 Å². The minimum atomic E-state index is -2.67. The van der Waals surface area contributed by atoms with E-state index in [1.807, 2.05) is 31.2 Å². The molecule has 0 amide bonds. The highest BCUT2D eigenvalue weighted by Crippen LogP contribution is 2.30. The summed E-state index contributed by atoms with van der Waals surface area (Å²) in [5.74, 6) is 0.635. The van der Waals surface area contributed by atoms with Crippen LogP contribution in [0.2, 0.25) is 0 Å². The Morgan fingerprint density at radius 3 is 2.28 bits per heavy atom. The molecule has 1 aromatic carbocycles. The lowest BCUT2D eigenvalue weighted by molar-refractivity contribution is 0.0505. The first kappa shape index (κ1) is 12.8. The molecule has 96 valence electrons. The van der Waals surface area contributed by atoms with Crippen molar-refractivity contribution in [1.29, 1.82) is 0 Å². The van der Waals surface area contributed by atoms with Crippen molar-refractivity contribution in [3.63, 3.8) is 0 Å². The van der Waals surface area contributed by atoms with Gasteiger partial charge in [-0.25, -0.2) is 8.78 Å². The van der Waals surface area contributed by atoms with E-state index in [1.165, 1.54) is 13.0 Å². The Morgan fingerprint density at radius 2 is 1.72 bits per heavy atom. The zero-order valence-corrected chi connectivity index (χ0v) is 10.3. The zero-order valence-electron chi connectivity index (χ0n) is 10.3. The molecule has 0 radical (unpaired) electrons. The third kappa shape index (κ3) is 2.29. The Morgan fingerprint density at radius 1 is 1.11 bits per heavy atom. The van der Waals surface area contributed by atoms with Gasteiger partial charge in [0.05, 0.1) is 0 Å². The Balaban J connectivity index is 2.34. The van der Waals surface area contributed by atoms with Gasteiger partial charge < -0.3 is 10.2 Å². The van der Waals surface area contributed by atoms with Gasteiger partial charge in [-0.15, -0.1) is 0 Å². The summed E-state index contributed by atoms with van der Waals surface area (Å²) in [6.45, 7) is 3.24. The molecular formula is C14H15F2NO. The highest BCUT2D eigenvalue weighted by atomic mass is 19.3. The number of hydrogen-bond acceptors (Lipinski definition) is 2. The van der Waals surface area contributed by atoms with Gasteiger partial charge in [0.2, 0.25) is 0 Å². The van der Waals surface area contributed by atoms with Crippen molar-refractivity contribution in [3.8, 4) is 11.3 Å². The molecule has 0 bridgehead atoms. The summed E-state index contributed by atoms with van der Waals surface area (Å²) in [7, 11) is 0. The first-order valence-electron chi connectivity index (χ1n) is 5.65. The molecule has 18 heavy (non-hydrogen) atoms. The van der Waals surface area contributed by atoms with Gasteiger partial charge in [0.15, 0.2) is 0 Å². The van der Waals surface area contributed by atoms with Crippen LogP contribution in [0.25, 0.3) is 11.3 Å². The second kappa shape index (κ2) is 4.53. The first-order chi connectivity index (χ1) is 8.41. The predicted molar refractivity (Wildman–Crippen MR) is 66.4 cm³/mol. The number of nitrogens with two attached hydrogens (primary N) is 1. The Bertz CT molecular complexity index is 529. The van der Waals surface area contributed by atoms with Crippen molar-refractivity contribution in [2.45, 2.75) is 25.8 Å². The smallest absolute Gasteiger partial charge is 0.263 e. The molecule has 0 fully saturated rings. The van der Waals surface area contributed by atoms with E-state index in [0.29, 0.717) is 5.76 Å². The van der Waals surface area contributed by atoms with Gasteiger partial charge in [0, 0.05) is 5.56 Å². The van der Waals surface area contributed by atoms with E-state index in [4.69, 9.17) is 10.2 Å². The van der Waals surface area contributed by atoms with Crippen LogP contribution in [-0.2, 0) is 5.54 Å². The van der Waals surface area contributed by atoms with Crippen molar-refractivity contribution in [2.24, 2.45) is 5.73 Å². The second-order valence-electron chi connectivity index (χ2n) is 4.61. The fraction of sp³-hybridized carbons (Fsp3) is 0.286. The van der Waals surface area contributed by atoms with Crippen LogP contribution in [-0.4, -0.2) is 6.43 Å². The lowest BCUT2D eigenvalue weighted by Gasteiger charge is -2.20. The van der Waals surface area contributed by atoms with Crippen LogP contribution >= 0.6 is 0 Å². The van der Waals surface area contributed by atoms with Crippen LogP contribution in [0.5, 0.6) is 0 Å². The predicted octanol–water partition coefficient (Wildman–Crippen LogP) is 3.69. The fourth-order valence-electron chi connectivity index (χ4n) is 1.61. The van der Waals surface area contributed by atoms with Gasteiger partial charge >= 0.3 is 0 Å². The molecule has 1 unspecified atom stereocenters. The number of benzene rings is 1. The van der Waals surface area contributed by atoms with Gasteiger partial charge in [0.25, 0.3) is 6.43 Å². The molecule has 2 aromatic rings. The van der Waals surface area contributed by atoms with E-state index in [2.05, 4.69) is 0 Å². The molecule has 2 N–H and O–H groups in total. The van der Waals surface area contributed by atoms with E-state index in [9.17, 15) is 8.78 Å². The summed E-state index contributed by atoms with van der Waals surface area (Å²) in [5.41, 5.74) is 5.76. The Kier molecular flexibility index (Phi) is 3.22. The van der Waals surface area contributed by atoms with Crippen LogP contribution in [0.15, 0.2) is 40.8 Å². The number of aryl methyl sites for hydroxylation is 1.